The van der Waals surface area contributed by atoms with Crippen LogP contribution in [0.1, 0.15) is 24.0 Å². The molecule has 1 N–H and O–H groups in total. The van der Waals surface area contributed by atoms with E-state index in [1.807, 2.05) is 6.07 Å². The Kier molecular flexibility index (Phi) is 3.50. The third-order valence-corrected chi connectivity index (χ3v) is 5.58. The summed E-state index contributed by atoms with van der Waals surface area (Å²) in [5, 5.41) is 3.34. The molecule has 0 radical (unpaired) electrons. The van der Waals surface area contributed by atoms with Gasteiger partial charge in [0.25, 0.3) is 0 Å². The van der Waals surface area contributed by atoms with Gasteiger partial charge in [0.15, 0.2) is 9.84 Å². The topological polar surface area (TPSA) is 55.4 Å². The van der Waals surface area contributed by atoms with Gasteiger partial charge < -0.3 is 10.1 Å². The molecule has 3 rings (SSSR count). The van der Waals surface area contributed by atoms with Gasteiger partial charge in [0.05, 0.1) is 11.5 Å². The molecule has 0 aromatic heterocycles. The van der Waals surface area contributed by atoms with E-state index in [9.17, 15) is 8.42 Å². The molecule has 19 heavy (non-hydrogen) atoms. The Balaban J connectivity index is 1.67. The van der Waals surface area contributed by atoms with Crippen molar-refractivity contribution in [2.45, 2.75) is 31.9 Å². The van der Waals surface area contributed by atoms with E-state index in [0.717, 1.165) is 25.3 Å². The van der Waals surface area contributed by atoms with E-state index in [0.29, 0.717) is 12.8 Å². The Labute approximate surface area is 114 Å². The normalized spacial score (nSPS) is 22.7. The van der Waals surface area contributed by atoms with Gasteiger partial charge in [-0.25, -0.2) is 8.42 Å². The van der Waals surface area contributed by atoms with Crippen LogP contribution in [0.25, 0.3) is 0 Å². The first-order chi connectivity index (χ1) is 9.12. The fraction of sp³-hybridized carbons (Fsp3) is 0.571. The van der Waals surface area contributed by atoms with Gasteiger partial charge in [-0.1, -0.05) is 6.07 Å². The first-order valence-corrected chi connectivity index (χ1v) is 8.64. The number of rotatable bonds is 2. The minimum Gasteiger partial charge on any atom is -0.490 e. The summed E-state index contributed by atoms with van der Waals surface area (Å²) in [5.41, 5.74) is 2.68. The van der Waals surface area contributed by atoms with Gasteiger partial charge in [0, 0.05) is 6.54 Å². The quantitative estimate of drug-likeness (QED) is 0.887. The van der Waals surface area contributed by atoms with Crippen molar-refractivity contribution in [3.63, 3.8) is 0 Å². The van der Waals surface area contributed by atoms with Crippen molar-refractivity contribution in [2.24, 2.45) is 0 Å². The molecule has 1 fully saturated rings. The molecular weight excluding hydrogens is 262 g/mol. The molecular formula is C14H19NO3S. The molecule has 0 atom stereocenters. The summed E-state index contributed by atoms with van der Waals surface area (Å²) in [4.78, 5) is 0. The monoisotopic (exact) mass is 281 g/mol. The lowest BCUT2D eigenvalue weighted by atomic mass is 10.0. The van der Waals surface area contributed by atoms with Gasteiger partial charge in [-0.3, -0.25) is 0 Å². The Morgan fingerprint density at radius 1 is 1.16 bits per heavy atom. The van der Waals surface area contributed by atoms with Crippen molar-refractivity contribution in [1.82, 2.24) is 5.32 Å². The summed E-state index contributed by atoms with van der Waals surface area (Å²) < 4.78 is 28.7. The molecule has 1 saturated heterocycles. The molecule has 0 amide bonds. The molecule has 2 aliphatic rings. The lowest BCUT2D eigenvalue weighted by Crippen LogP contribution is -2.30. The zero-order valence-electron chi connectivity index (χ0n) is 10.9. The molecule has 0 aliphatic carbocycles. The zero-order valence-corrected chi connectivity index (χ0v) is 11.7. The van der Waals surface area contributed by atoms with E-state index in [-0.39, 0.29) is 17.6 Å². The predicted molar refractivity (Wildman–Crippen MR) is 74.2 cm³/mol. The van der Waals surface area contributed by atoms with Crippen LogP contribution in [0, 0.1) is 0 Å². The smallest absolute Gasteiger partial charge is 0.150 e. The first kappa shape index (κ1) is 12.9. The molecule has 0 bridgehead atoms. The SMILES string of the molecule is O=S1(=O)CCC(Oc2ccc3c(c2)CCNC3)CC1. The first-order valence-electron chi connectivity index (χ1n) is 6.82. The van der Waals surface area contributed by atoms with E-state index in [4.69, 9.17) is 4.74 Å². The summed E-state index contributed by atoms with van der Waals surface area (Å²) in [6.07, 6.45) is 2.30. The lowest BCUT2D eigenvalue weighted by Gasteiger charge is -2.24. The van der Waals surface area contributed by atoms with Crippen LogP contribution in [0.2, 0.25) is 0 Å². The van der Waals surface area contributed by atoms with Crippen molar-refractivity contribution in [3.8, 4) is 5.75 Å². The van der Waals surface area contributed by atoms with Gasteiger partial charge in [-0.05, 0) is 49.1 Å². The highest BCUT2D eigenvalue weighted by molar-refractivity contribution is 7.91. The standard InChI is InChI=1S/C14H19NO3S/c16-19(17)7-4-13(5-8-19)18-14-2-1-12-10-15-6-3-11(12)9-14/h1-2,9,13,15H,3-8,10H2. The van der Waals surface area contributed by atoms with Crippen LogP contribution in [0.4, 0.5) is 0 Å². The number of ether oxygens (including phenoxy) is 1. The highest BCUT2D eigenvalue weighted by atomic mass is 32.2. The van der Waals surface area contributed by atoms with Crippen LogP contribution in [0.5, 0.6) is 5.75 Å². The van der Waals surface area contributed by atoms with E-state index < -0.39 is 9.84 Å². The Bertz CT molecular complexity index is 554. The number of nitrogens with one attached hydrogen (secondary N) is 1. The molecule has 0 spiro atoms. The lowest BCUT2D eigenvalue weighted by molar-refractivity contribution is 0.189. The third kappa shape index (κ3) is 3.09. The second-order valence-corrected chi connectivity index (χ2v) is 7.63. The second kappa shape index (κ2) is 5.13. The van der Waals surface area contributed by atoms with Crippen LogP contribution in [-0.4, -0.2) is 32.6 Å². The Hall–Kier alpha value is -1.07. The summed E-state index contributed by atoms with van der Waals surface area (Å²) in [6, 6.07) is 6.21. The van der Waals surface area contributed by atoms with Crippen LogP contribution in [0.3, 0.4) is 0 Å². The molecule has 4 nitrogen and oxygen atoms in total. The van der Waals surface area contributed by atoms with Gasteiger partial charge in [-0.15, -0.1) is 0 Å². The van der Waals surface area contributed by atoms with Crippen LogP contribution >= 0.6 is 0 Å². The summed E-state index contributed by atoms with van der Waals surface area (Å²) in [6.45, 7) is 1.94. The van der Waals surface area contributed by atoms with Gasteiger partial charge in [0.1, 0.15) is 11.9 Å². The van der Waals surface area contributed by atoms with Gasteiger partial charge in [0.2, 0.25) is 0 Å². The Morgan fingerprint density at radius 2 is 1.95 bits per heavy atom. The molecule has 1 aromatic carbocycles. The maximum atomic E-state index is 11.4. The average Bonchev–Trinajstić information content (AvgIpc) is 2.41. The zero-order chi connectivity index (χ0) is 13.3. The molecule has 1 aromatic rings. The van der Waals surface area contributed by atoms with E-state index in [1.54, 1.807) is 0 Å². The summed E-state index contributed by atoms with van der Waals surface area (Å²) >= 11 is 0. The van der Waals surface area contributed by atoms with Gasteiger partial charge in [-0.2, -0.15) is 0 Å². The maximum absolute atomic E-state index is 11.4. The second-order valence-electron chi connectivity index (χ2n) is 5.33. The molecule has 0 saturated carbocycles. The Morgan fingerprint density at radius 3 is 2.74 bits per heavy atom. The van der Waals surface area contributed by atoms with Crippen molar-refractivity contribution < 1.29 is 13.2 Å². The molecule has 2 aliphatic heterocycles. The van der Waals surface area contributed by atoms with E-state index >= 15 is 0 Å². The van der Waals surface area contributed by atoms with E-state index in [2.05, 4.69) is 17.4 Å². The number of hydrogen-bond acceptors (Lipinski definition) is 4. The van der Waals surface area contributed by atoms with Crippen LogP contribution < -0.4 is 10.1 Å². The average molecular weight is 281 g/mol. The number of hydrogen-bond donors (Lipinski definition) is 1. The fourth-order valence-corrected chi connectivity index (χ4v) is 4.15. The highest BCUT2D eigenvalue weighted by Gasteiger charge is 2.25. The minimum atomic E-state index is -2.81. The number of benzene rings is 1. The molecule has 2 heterocycles. The summed E-state index contributed by atoms with van der Waals surface area (Å²) in [5.74, 6) is 1.39. The third-order valence-electron chi connectivity index (χ3n) is 3.87. The minimum absolute atomic E-state index is 0.0447. The fourth-order valence-electron chi connectivity index (χ4n) is 2.71. The molecule has 5 heteroatoms. The largest absolute Gasteiger partial charge is 0.490 e. The number of fused-ring (bicyclic) bond motifs is 1. The maximum Gasteiger partial charge on any atom is 0.150 e. The summed E-state index contributed by atoms with van der Waals surface area (Å²) in [7, 11) is -2.81. The van der Waals surface area contributed by atoms with Crippen molar-refractivity contribution >= 4 is 9.84 Å². The van der Waals surface area contributed by atoms with Crippen molar-refractivity contribution in [1.29, 1.82) is 0 Å². The van der Waals surface area contributed by atoms with E-state index in [1.165, 1.54) is 11.1 Å². The van der Waals surface area contributed by atoms with Crippen LogP contribution in [0.15, 0.2) is 18.2 Å². The molecule has 0 unspecified atom stereocenters. The van der Waals surface area contributed by atoms with Crippen molar-refractivity contribution in [3.05, 3.63) is 29.3 Å². The highest BCUT2D eigenvalue weighted by Crippen LogP contribution is 2.24. The predicted octanol–water partition coefficient (Wildman–Crippen LogP) is 1.29. The van der Waals surface area contributed by atoms with Gasteiger partial charge >= 0.3 is 0 Å². The number of sulfone groups is 1. The molecule has 104 valence electrons. The van der Waals surface area contributed by atoms with Crippen molar-refractivity contribution in [2.75, 3.05) is 18.1 Å². The van der Waals surface area contributed by atoms with Crippen LogP contribution in [-0.2, 0) is 22.8 Å².